The molecule has 1 aromatic rings. The van der Waals surface area contributed by atoms with E-state index >= 15 is 0 Å². The molecule has 4 nitrogen and oxygen atoms in total. The summed E-state index contributed by atoms with van der Waals surface area (Å²) in [6.45, 7) is 6.94. The number of hydrogen-bond donors (Lipinski definition) is 2. The fraction of sp³-hybridized carbons (Fsp3) is 0.600. The van der Waals surface area contributed by atoms with Crippen LogP contribution in [0.3, 0.4) is 0 Å². The number of benzene rings is 1. The standard InChI is InChI=1S/C15H23N3O/c1-11-2-3-15-12(6-11)7-14(19-15)10-18-5-4-17-9-13(18)8-16/h2-3,6,13-14,17H,4-5,7-10,16H2,1H3. The molecule has 2 unspecified atom stereocenters. The maximum Gasteiger partial charge on any atom is 0.123 e. The second kappa shape index (κ2) is 5.49. The lowest BCUT2D eigenvalue weighted by molar-refractivity contribution is 0.101. The molecular weight excluding hydrogens is 238 g/mol. The van der Waals surface area contributed by atoms with E-state index in [9.17, 15) is 0 Å². The molecule has 3 rings (SSSR count). The highest BCUT2D eigenvalue weighted by atomic mass is 16.5. The number of nitrogens with one attached hydrogen (secondary N) is 1. The monoisotopic (exact) mass is 261 g/mol. The summed E-state index contributed by atoms with van der Waals surface area (Å²) in [7, 11) is 0. The summed E-state index contributed by atoms with van der Waals surface area (Å²) in [5.41, 5.74) is 8.51. The second-order valence-corrected chi connectivity index (χ2v) is 5.64. The first-order chi connectivity index (χ1) is 9.26. The molecule has 0 radical (unpaired) electrons. The molecule has 1 saturated heterocycles. The zero-order valence-corrected chi connectivity index (χ0v) is 11.6. The minimum Gasteiger partial charge on any atom is -0.488 e. The van der Waals surface area contributed by atoms with Crippen LogP contribution < -0.4 is 15.8 Å². The quantitative estimate of drug-likeness (QED) is 0.833. The van der Waals surface area contributed by atoms with Crippen molar-refractivity contribution < 1.29 is 4.74 Å². The van der Waals surface area contributed by atoms with Crippen LogP contribution in [0, 0.1) is 6.92 Å². The minimum atomic E-state index is 0.281. The molecule has 2 atom stereocenters. The lowest BCUT2D eigenvalue weighted by Gasteiger charge is -2.36. The van der Waals surface area contributed by atoms with E-state index in [0.29, 0.717) is 12.6 Å². The molecule has 4 heteroatoms. The van der Waals surface area contributed by atoms with Crippen LogP contribution in [-0.2, 0) is 6.42 Å². The van der Waals surface area contributed by atoms with Gasteiger partial charge in [-0.1, -0.05) is 17.7 Å². The van der Waals surface area contributed by atoms with Crippen LogP contribution in [0.4, 0.5) is 0 Å². The van der Waals surface area contributed by atoms with Gasteiger partial charge in [0, 0.05) is 45.2 Å². The number of hydrogen-bond acceptors (Lipinski definition) is 4. The van der Waals surface area contributed by atoms with E-state index in [1.54, 1.807) is 0 Å². The highest BCUT2D eigenvalue weighted by Crippen LogP contribution is 2.30. The number of aryl methyl sites for hydroxylation is 1. The lowest BCUT2D eigenvalue weighted by Crippen LogP contribution is -2.56. The van der Waals surface area contributed by atoms with E-state index in [4.69, 9.17) is 10.5 Å². The molecule has 0 amide bonds. The van der Waals surface area contributed by atoms with E-state index in [1.807, 2.05) is 0 Å². The van der Waals surface area contributed by atoms with Crippen LogP contribution in [0.1, 0.15) is 11.1 Å². The molecule has 2 aliphatic rings. The predicted molar refractivity (Wildman–Crippen MR) is 76.6 cm³/mol. The zero-order chi connectivity index (χ0) is 13.2. The largest absolute Gasteiger partial charge is 0.488 e. The maximum atomic E-state index is 6.05. The topological polar surface area (TPSA) is 50.5 Å². The molecule has 0 bridgehead atoms. The highest BCUT2D eigenvalue weighted by molar-refractivity contribution is 5.40. The fourth-order valence-corrected chi connectivity index (χ4v) is 3.09. The van der Waals surface area contributed by atoms with Crippen molar-refractivity contribution in [2.45, 2.75) is 25.5 Å². The van der Waals surface area contributed by atoms with E-state index in [1.165, 1.54) is 11.1 Å². The van der Waals surface area contributed by atoms with Crippen molar-refractivity contribution in [3.05, 3.63) is 29.3 Å². The van der Waals surface area contributed by atoms with E-state index < -0.39 is 0 Å². The Morgan fingerprint density at radius 3 is 3.21 bits per heavy atom. The maximum absolute atomic E-state index is 6.05. The van der Waals surface area contributed by atoms with E-state index in [2.05, 4.69) is 35.3 Å². The number of piperazine rings is 1. The third kappa shape index (κ3) is 2.76. The third-order valence-corrected chi connectivity index (χ3v) is 4.14. The van der Waals surface area contributed by atoms with Gasteiger partial charge in [-0.25, -0.2) is 0 Å². The molecule has 0 aromatic heterocycles. The number of rotatable bonds is 3. The normalized spacial score (nSPS) is 27.1. The molecular formula is C15H23N3O. The van der Waals surface area contributed by atoms with E-state index in [-0.39, 0.29) is 6.10 Å². The van der Waals surface area contributed by atoms with Crippen molar-refractivity contribution in [3.8, 4) is 5.75 Å². The highest BCUT2D eigenvalue weighted by Gasteiger charge is 2.28. The molecule has 19 heavy (non-hydrogen) atoms. The van der Waals surface area contributed by atoms with Gasteiger partial charge in [0.15, 0.2) is 0 Å². The van der Waals surface area contributed by atoms with Crippen LogP contribution in [0.15, 0.2) is 18.2 Å². The van der Waals surface area contributed by atoms with Gasteiger partial charge in [-0.15, -0.1) is 0 Å². The van der Waals surface area contributed by atoms with Gasteiger partial charge in [0.05, 0.1) is 0 Å². The summed E-state index contributed by atoms with van der Waals surface area (Å²) in [5.74, 6) is 1.06. The minimum absolute atomic E-state index is 0.281. The molecule has 3 N–H and O–H groups in total. The van der Waals surface area contributed by atoms with Crippen molar-refractivity contribution in [2.75, 3.05) is 32.7 Å². The lowest BCUT2D eigenvalue weighted by atomic mass is 10.1. The van der Waals surface area contributed by atoms with Gasteiger partial charge in [-0.2, -0.15) is 0 Å². The van der Waals surface area contributed by atoms with Gasteiger partial charge >= 0.3 is 0 Å². The van der Waals surface area contributed by atoms with Gasteiger partial charge in [-0.3, -0.25) is 4.90 Å². The van der Waals surface area contributed by atoms with Crippen molar-refractivity contribution in [1.82, 2.24) is 10.2 Å². The van der Waals surface area contributed by atoms with Crippen LogP contribution >= 0.6 is 0 Å². The molecule has 1 aromatic carbocycles. The smallest absolute Gasteiger partial charge is 0.123 e. The average Bonchev–Trinajstić information content (AvgIpc) is 2.80. The molecule has 0 saturated carbocycles. The molecule has 104 valence electrons. The summed E-state index contributed by atoms with van der Waals surface area (Å²) in [5, 5.41) is 3.40. The Kier molecular flexibility index (Phi) is 3.73. The molecule has 0 spiro atoms. The summed E-state index contributed by atoms with van der Waals surface area (Å²) < 4.78 is 6.05. The molecule has 0 aliphatic carbocycles. The van der Waals surface area contributed by atoms with Crippen molar-refractivity contribution in [2.24, 2.45) is 5.73 Å². The number of ether oxygens (including phenoxy) is 1. The molecule has 2 aliphatic heterocycles. The Morgan fingerprint density at radius 1 is 1.47 bits per heavy atom. The summed E-state index contributed by atoms with van der Waals surface area (Å²) in [4.78, 5) is 2.47. The predicted octanol–water partition coefficient (Wildman–Crippen LogP) is 0.531. The Balaban J connectivity index is 1.63. The Morgan fingerprint density at radius 2 is 2.37 bits per heavy atom. The first-order valence-electron chi connectivity index (χ1n) is 7.17. The van der Waals surface area contributed by atoms with E-state index in [0.717, 1.165) is 38.3 Å². The van der Waals surface area contributed by atoms with Crippen molar-refractivity contribution >= 4 is 0 Å². The van der Waals surface area contributed by atoms with Crippen molar-refractivity contribution in [3.63, 3.8) is 0 Å². The number of nitrogens with zero attached hydrogens (tertiary/aromatic N) is 1. The third-order valence-electron chi connectivity index (χ3n) is 4.14. The second-order valence-electron chi connectivity index (χ2n) is 5.64. The summed E-state index contributed by atoms with van der Waals surface area (Å²) >= 11 is 0. The van der Waals surface area contributed by atoms with Crippen LogP contribution in [0.25, 0.3) is 0 Å². The first-order valence-corrected chi connectivity index (χ1v) is 7.17. The van der Waals surface area contributed by atoms with Gasteiger partial charge in [0.1, 0.15) is 11.9 Å². The molecule has 1 fully saturated rings. The van der Waals surface area contributed by atoms with Crippen LogP contribution in [-0.4, -0.2) is 49.8 Å². The zero-order valence-electron chi connectivity index (χ0n) is 11.6. The van der Waals surface area contributed by atoms with Crippen LogP contribution in [0.5, 0.6) is 5.75 Å². The number of fused-ring (bicyclic) bond motifs is 1. The summed E-state index contributed by atoms with van der Waals surface area (Å²) in [6.07, 6.45) is 1.31. The Hall–Kier alpha value is -1.10. The van der Waals surface area contributed by atoms with Gasteiger partial charge in [0.2, 0.25) is 0 Å². The molecule has 2 heterocycles. The Bertz CT molecular complexity index is 449. The van der Waals surface area contributed by atoms with Gasteiger partial charge in [0.25, 0.3) is 0 Å². The average molecular weight is 261 g/mol. The first kappa shape index (κ1) is 12.9. The Labute approximate surface area is 114 Å². The SMILES string of the molecule is Cc1ccc2c(c1)CC(CN1CCNCC1CN)O2. The van der Waals surface area contributed by atoms with Gasteiger partial charge in [-0.05, 0) is 18.6 Å². The van der Waals surface area contributed by atoms with Crippen molar-refractivity contribution in [1.29, 1.82) is 0 Å². The summed E-state index contributed by atoms with van der Waals surface area (Å²) in [6, 6.07) is 6.91. The van der Waals surface area contributed by atoms with Crippen LogP contribution in [0.2, 0.25) is 0 Å². The number of nitrogens with two attached hydrogens (primary N) is 1. The van der Waals surface area contributed by atoms with Gasteiger partial charge < -0.3 is 15.8 Å². The fourth-order valence-electron chi connectivity index (χ4n) is 3.09.